The molecule has 1 atom stereocenters. The Morgan fingerprint density at radius 3 is 2.52 bits per heavy atom. The summed E-state index contributed by atoms with van der Waals surface area (Å²) in [7, 11) is -3.21. The van der Waals surface area contributed by atoms with E-state index in [9.17, 15) is 18.0 Å². The van der Waals surface area contributed by atoms with Crippen molar-refractivity contribution in [2.45, 2.75) is 32.2 Å². The van der Waals surface area contributed by atoms with E-state index in [2.05, 4.69) is 10.6 Å². The Hall–Kier alpha value is -1.35. The van der Waals surface area contributed by atoms with Gasteiger partial charge in [-0.3, -0.25) is 0 Å². The van der Waals surface area contributed by atoms with Gasteiger partial charge in [-0.05, 0) is 32.6 Å². The molecule has 1 unspecified atom stereocenters. The van der Waals surface area contributed by atoms with Crippen LogP contribution in [0.25, 0.3) is 0 Å². The SMILES string of the molecule is CC(C)(NC(=O)NCC1CCCN(S(C)(=O)=O)C1)C(=O)O. The van der Waals surface area contributed by atoms with E-state index in [0.717, 1.165) is 12.8 Å². The third kappa shape index (κ3) is 5.50. The zero-order valence-electron chi connectivity index (χ0n) is 12.5. The lowest BCUT2D eigenvalue weighted by molar-refractivity contribution is -0.142. The minimum atomic E-state index is -3.21. The Labute approximate surface area is 124 Å². The molecule has 0 aromatic heterocycles. The standard InChI is InChI=1S/C12H23N3O5S/c1-12(2,10(16)17)14-11(18)13-7-9-5-4-6-15(8-9)21(3,19)20/h9H,4-8H2,1-3H3,(H,16,17)(H2,13,14,18). The molecular formula is C12H23N3O5S. The lowest BCUT2D eigenvalue weighted by atomic mass is 10.00. The van der Waals surface area contributed by atoms with Crippen LogP contribution >= 0.6 is 0 Å². The molecule has 8 nitrogen and oxygen atoms in total. The van der Waals surface area contributed by atoms with E-state index in [4.69, 9.17) is 5.11 Å². The number of sulfonamides is 1. The monoisotopic (exact) mass is 321 g/mol. The van der Waals surface area contributed by atoms with Crippen molar-refractivity contribution >= 4 is 22.0 Å². The summed E-state index contributed by atoms with van der Waals surface area (Å²) in [4.78, 5) is 22.6. The number of hydrogen-bond acceptors (Lipinski definition) is 4. The normalized spacial score (nSPS) is 20.8. The van der Waals surface area contributed by atoms with Gasteiger partial charge in [-0.1, -0.05) is 0 Å². The number of aliphatic carboxylic acids is 1. The minimum Gasteiger partial charge on any atom is -0.480 e. The largest absolute Gasteiger partial charge is 0.480 e. The topological polar surface area (TPSA) is 116 Å². The highest BCUT2D eigenvalue weighted by Crippen LogP contribution is 2.17. The number of carbonyl (C=O) groups is 2. The van der Waals surface area contributed by atoms with Crippen molar-refractivity contribution in [1.82, 2.24) is 14.9 Å². The average Bonchev–Trinajstić information content (AvgIpc) is 2.35. The third-order valence-corrected chi connectivity index (χ3v) is 4.73. The molecule has 0 spiro atoms. The molecule has 0 aromatic rings. The predicted octanol–water partition coefficient (Wildman–Crippen LogP) is -0.180. The highest BCUT2D eigenvalue weighted by atomic mass is 32.2. The van der Waals surface area contributed by atoms with Crippen molar-refractivity contribution in [3.05, 3.63) is 0 Å². The maximum Gasteiger partial charge on any atom is 0.328 e. The third-order valence-electron chi connectivity index (χ3n) is 3.46. The van der Waals surface area contributed by atoms with Gasteiger partial charge in [0.15, 0.2) is 0 Å². The van der Waals surface area contributed by atoms with Crippen LogP contribution in [-0.4, -0.2) is 61.3 Å². The van der Waals surface area contributed by atoms with Gasteiger partial charge in [-0.25, -0.2) is 22.3 Å². The van der Waals surface area contributed by atoms with Gasteiger partial charge in [-0.2, -0.15) is 0 Å². The number of nitrogens with one attached hydrogen (secondary N) is 2. The van der Waals surface area contributed by atoms with E-state index in [1.165, 1.54) is 24.4 Å². The molecule has 122 valence electrons. The van der Waals surface area contributed by atoms with Crippen LogP contribution in [0.2, 0.25) is 0 Å². The number of carboxylic acids is 1. The molecule has 3 N–H and O–H groups in total. The number of hydrogen-bond donors (Lipinski definition) is 3. The Bertz CT molecular complexity index is 503. The summed E-state index contributed by atoms with van der Waals surface area (Å²) >= 11 is 0. The molecule has 0 radical (unpaired) electrons. The second-order valence-corrected chi connectivity index (χ2v) is 7.88. The van der Waals surface area contributed by atoms with E-state index < -0.39 is 27.6 Å². The molecule has 1 heterocycles. The van der Waals surface area contributed by atoms with E-state index in [1.807, 2.05) is 0 Å². The first-order valence-corrected chi connectivity index (χ1v) is 8.62. The maximum absolute atomic E-state index is 11.7. The number of carboxylic acid groups (broad SMARTS) is 1. The van der Waals surface area contributed by atoms with Crippen molar-refractivity contribution in [1.29, 1.82) is 0 Å². The van der Waals surface area contributed by atoms with Gasteiger partial charge in [0, 0.05) is 19.6 Å². The van der Waals surface area contributed by atoms with Crippen LogP contribution in [0.15, 0.2) is 0 Å². The zero-order chi connectivity index (χ0) is 16.3. The van der Waals surface area contributed by atoms with Crippen molar-refractivity contribution in [3.8, 4) is 0 Å². The summed E-state index contributed by atoms with van der Waals surface area (Å²) in [6.07, 6.45) is 2.75. The van der Waals surface area contributed by atoms with Gasteiger partial charge in [0.05, 0.1) is 6.26 Å². The highest BCUT2D eigenvalue weighted by molar-refractivity contribution is 7.88. The fraction of sp³-hybridized carbons (Fsp3) is 0.833. The summed E-state index contributed by atoms with van der Waals surface area (Å²) in [5.74, 6) is -1.09. The van der Waals surface area contributed by atoms with E-state index >= 15 is 0 Å². The summed E-state index contributed by atoms with van der Waals surface area (Å²) in [6.45, 7) is 3.98. The average molecular weight is 321 g/mol. The molecule has 0 bridgehead atoms. The minimum absolute atomic E-state index is 0.0344. The summed E-state index contributed by atoms with van der Waals surface area (Å²) in [6, 6.07) is -0.570. The maximum atomic E-state index is 11.7. The first kappa shape index (κ1) is 17.7. The number of urea groups is 1. The smallest absolute Gasteiger partial charge is 0.328 e. The molecule has 21 heavy (non-hydrogen) atoms. The number of nitrogens with zero attached hydrogens (tertiary/aromatic N) is 1. The quantitative estimate of drug-likeness (QED) is 0.649. The van der Waals surface area contributed by atoms with Crippen LogP contribution in [0.3, 0.4) is 0 Å². The van der Waals surface area contributed by atoms with E-state index in [-0.39, 0.29) is 5.92 Å². The molecular weight excluding hydrogens is 298 g/mol. The number of carbonyl (C=O) groups excluding carboxylic acids is 1. The van der Waals surface area contributed by atoms with E-state index in [1.54, 1.807) is 0 Å². The fourth-order valence-corrected chi connectivity index (χ4v) is 3.06. The molecule has 1 saturated heterocycles. The van der Waals surface area contributed by atoms with Gasteiger partial charge >= 0.3 is 12.0 Å². The molecule has 9 heteroatoms. The highest BCUT2D eigenvalue weighted by Gasteiger charge is 2.30. The van der Waals surface area contributed by atoms with Crippen molar-refractivity contribution in [3.63, 3.8) is 0 Å². The zero-order valence-corrected chi connectivity index (χ0v) is 13.4. The Morgan fingerprint density at radius 1 is 1.38 bits per heavy atom. The molecule has 0 aliphatic carbocycles. The number of rotatable bonds is 5. The van der Waals surface area contributed by atoms with Crippen LogP contribution in [0.4, 0.5) is 4.79 Å². The lowest BCUT2D eigenvalue weighted by Crippen LogP contribution is -2.54. The van der Waals surface area contributed by atoms with Crippen LogP contribution in [0, 0.1) is 5.92 Å². The van der Waals surface area contributed by atoms with Gasteiger partial charge in [0.2, 0.25) is 10.0 Å². The van der Waals surface area contributed by atoms with Gasteiger partial charge in [0.1, 0.15) is 5.54 Å². The number of piperidine rings is 1. The van der Waals surface area contributed by atoms with Gasteiger partial charge in [0.25, 0.3) is 0 Å². The molecule has 1 fully saturated rings. The van der Waals surface area contributed by atoms with Crippen molar-refractivity contribution < 1.29 is 23.1 Å². The summed E-state index contributed by atoms with van der Waals surface area (Å²) < 4.78 is 24.4. The first-order chi connectivity index (χ1) is 9.52. The molecule has 1 aliphatic heterocycles. The number of amides is 2. The lowest BCUT2D eigenvalue weighted by Gasteiger charge is -2.31. The Morgan fingerprint density at radius 2 is 2.00 bits per heavy atom. The summed E-state index contributed by atoms with van der Waals surface area (Å²) in [5, 5.41) is 13.9. The second kappa shape index (κ2) is 6.61. The Balaban J connectivity index is 2.45. The second-order valence-electron chi connectivity index (χ2n) is 5.89. The van der Waals surface area contributed by atoms with Gasteiger partial charge in [-0.15, -0.1) is 0 Å². The predicted molar refractivity (Wildman–Crippen MR) is 77.4 cm³/mol. The summed E-state index contributed by atoms with van der Waals surface area (Å²) in [5.41, 5.74) is -1.35. The molecule has 2 amide bonds. The van der Waals surface area contributed by atoms with Crippen LogP contribution < -0.4 is 10.6 Å². The molecule has 0 saturated carbocycles. The fourth-order valence-electron chi connectivity index (χ4n) is 2.11. The van der Waals surface area contributed by atoms with Crippen molar-refractivity contribution in [2.24, 2.45) is 5.92 Å². The van der Waals surface area contributed by atoms with Crippen LogP contribution in [0.5, 0.6) is 0 Å². The van der Waals surface area contributed by atoms with Crippen LogP contribution in [0.1, 0.15) is 26.7 Å². The van der Waals surface area contributed by atoms with Crippen molar-refractivity contribution in [2.75, 3.05) is 25.9 Å². The molecule has 1 rings (SSSR count). The molecule has 1 aliphatic rings. The van der Waals surface area contributed by atoms with Gasteiger partial charge < -0.3 is 15.7 Å². The molecule has 0 aromatic carbocycles. The Kier molecular flexibility index (Phi) is 5.57. The van der Waals surface area contributed by atoms with E-state index in [0.29, 0.717) is 19.6 Å². The van der Waals surface area contributed by atoms with Crippen LogP contribution in [-0.2, 0) is 14.8 Å². The first-order valence-electron chi connectivity index (χ1n) is 6.77.